The van der Waals surface area contributed by atoms with E-state index in [1.165, 1.54) is 5.56 Å². The Bertz CT molecular complexity index is 627. The molecule has 0 N–H and O–H groups in total. The van der Waals surface area contributed by atoms with Crippen molar-refractivity contribution in [3.63, 3.8) is 0 Å². The predicted molar refractivity (Wildman–Crippen MR) is 107 cm³/mol. The number of hydrogen-bond acceptors (Lipinski definition) is 5. The summed E-state index contributed by atoms with van der Waals surface area (Å²) in [6, 6.07) is 10.6. The number of ether oxygens (including phenoxy) is 4. The third-order valence-electron chi connectivity index (χ3n) is 5.32. The fourth-order valence-corrected chi connectivity index (χ4v) is 4.39. The van der Waals surface area contributed by atoms with E-state index in [2.05, 4.69) is 24.3 Å². The van der Waals surface area contributed by atoms with Gasteiger partial charge in [0.05, 0.1) is 18.3 Å². The van der Waals surface area contributed by atoms with Gasteiger partial charge in [0, 0.05) is 19.3 Å². The highest BCUT2D eigenvalue weighted by atomic mass is 16.7. The molecule has 3 rings (SSSR count). The minimum Gasteiger partial charge on any atom is -0.347 e. The van der Waals surface area contributed by atoms with Crippen molar-refractivity contribution in [3.8, 4) is 0 Å². The molecule has 156 valence electrons. The van der Waals surface area contributed by atoms with Crippen molar-refractivity contribution in [2.45, 2.75) is 102 Å². The van der Waals surface area contributed by atoms with Crippen LogP contribution in [0.5, 0.6) is 0 Å². The Morgan fingerprint density at radius 2 is 1.50 bits per heavy atom. The zero-order valence-electron chi connectivity index (χ0n) is 17.6. The largest absolute Gasteiger partial charge is 0.347 e. The van der Waals surface area contributed by atoms with Crippen LogP contribution in [0.15, 0.2) is 30.3 Å². The van der Waals surface area contributed by atoms with Gasteiger partial charge in [-0.15, -0.1) is 0 Å². The van der Waals surface area contributed by atoms with Crippen LogP contribution in [0.2, 0.25) is 0 Å². The first-order valence-corrected chi connectivity index (χ1v) is 10.5. The third-order valence-corrected chi connectivity index (χ3v) is 5.32. The van der Waals surface area contributed by atoms with Crippen molar-refractivity contribution < 1.29 is 23.7 Å². The highest BCUT2D eigenvalue weighted by Gasteiger charge is 2.40. The zero-order valence-corrected chi connectivity index (χ0v) is 17.6. The molecule has 0 bridgehead atoms. The number of benzene rings is 1. The van der Waals surface area contributed by atoms with E-state index in [4.69, 9.17) is 18.9 Å². The van der Waals surface area contributed by atoms with Gasteiger partial charge in [-0.05, 0) is 52.5 Å². The fraction of sp³-hybridized carbons (Fsp3) is 0.696. The Balaban J connectivity index is 1.53. The Labute approximate surface area is 168 Å². The van der Waals surface area contributed by atoms with Gasteiger partial charge in [-0.25, -0.2) is 0 Å². The Morgan fingerprint density at radius 3 is 2.18 bits per heavy atom. The molecule has 0 aliphatic carbocycles. The van der Waals surface area contributed by atoms with E-state index in [1.54, 1.807) is 0 Å². The van der Waals surface area contributed by atoms with E-state index >= 15 is 0 Å². The van der Waals surface area contributed by atoms with Crippen molar-refractivity contribution in [1.82, 2.24) is 0 Å². The summed E-state index contributed by atoms with van der Waals surface area (Å²) in [5, 5.41) is 0. The van der Waals surface area contributed by atoms with Gasteiger partial charge >= 0.3 is 0 Å². The van der Waals surface area contributed by atoms with E-state index in [-0.39, 0.29) is 18.3 Å². The number of rotatable bonds is 7. The summed E-state index contributed by atoms with van der Waals surface area (Å²) in [6.07, 6.45) is 5.97. The van der Waals surface area contributed by atoms with Crippen molar-refractivity contribution in [2.75, 3.05) is 0 Å². The summed E-state index contributed by atoms with van der Waals surface area (Å²) in [5.74, 6) is -1.35. The first-order chi connectivity index (χ1) is 13.2. The maximum atomic E-state index is 11.2. The van der Waals surface area contributed by atoms with Gasteiger partial charge < -0.3 is 23.7 Å². The lowest BCUT2D eigenvalue weighted by Gasteiger charge is -2.44. The lowest BCUT2D eigenvalue weighted by Crippen LogP contribution is -2.49. The molecule has 0 aromatic heterocycles. The van der Waals surface area contributed by atoms with Gasteiger partial charge in [0.2, 0.25) is 0 Å². The second-order valence-corrected chi connectivity index (χ2v) is 8.90. The predicted octanol–water partition coefficient (Wildman–Crippen LogP) is 4.42. The van der Waals surface area contributed by atoms with E-state index < -0.39 is 17.7 Å². The second-order valence-electron chi connectivity index (χ2n) is 8.90. The lowest BCUT2D eigenvalue weighted by atomic mass is 9.95. The summed E-state index contributed by atoms with van der Waals surface area (Å²) in [4.78, 5) is 11.2. The Kier molecular flexibility index (Phi) is 6.92. The van der Waals surface area contributed by atoms with Gasteiger partial charge in [0.15, 0.2) is 11.6 Å². The molecule has 0 radical (unpaired) electrons. The molecule has 2 aliphatic heterocycles. The summed E-state index contributed by atoms with van der Waals surface area (Å²) in [7, 11) is 0. The minimum atomic E-state index is -0.746. The summed E-state index contributed by atoms with van der Waals surface area (Å²) in [5.41, 5.74) is 1.36. The maximum Gasteiger partial charge on any atom is 0.164 e. The molecule has 28 heavy (non-hydrogen) atoms. The molecular weight excluding hydrogens is 356 g/mol. The van der Waals surface area contributed by atoms with E-state index in [9.17, 15) is 4.79 Å². The Hall–Kier alpha value is -1.27. The van der Waals surface area contributed by atoms with Crippen molar-refractivity contribution >= 4 is 6.29 Å². The average Bonchev–Trinajstić information content (AvgIpc) is 2.60. The Morgan fingerprint density at radius 1 is 0.893 bits per heavy atom. The molecule has 2 aliphatic rings. The monoisotopic (exact) mass is 390 g/mol. The first kappa shape index (κ1) is 21.4. The zero-order chi connectivity index (χ0) is 20.2. The van der Waals surface area contributed by atoms with Crippen LogP contribution in [0.3, 0.4) is 0 Å². The molecule has 2 saturated heterocycles. The molecule has 1 aromatic carbocycles. The molecule has 0 saturated carbocycles. The standard InChI is InChI=1S/C23H34O5/c1-22(2)25-18(12-8-11-17-9-6-5-7-10-17)13-19(26-22)14-20-15-21(16-24)28-23(3,4)27-20/h5-7,9-10,16,18-21H,8,11-15H2,1-4H3/t18-,19+,20+,21-/m0/s1. The van der Waals surface area contributed by atoms with Crippen molar-refractivity contribution in [1.29, 1.82) is 0 Å². The van der Waals surface area contributed by atoms with Gasteiger partial charge in [0.1, 0.15) is 12.4 Å². The molecule has 5 heteroatoms. The highest BCUT2D eigenvalue weighted by molar-refractivity contribution is 5.56. The summed E-state index contributed by atoms with van der Waals surface area (Å²) < 4.78 is 24.0. The van der Waals surface area contributed by atoms with Crippen LogP contribution in [0, 0.1) is 0 Å². The van der Waals surface area contributed by atoms with Gasteiger partial charge in [-0.3, -0.25) is 0 Å². The highest BCUT2D eigenvalue weighted by Crippen LogP contribution is 2.35. The molecule has 0 amide bonds. The van der Waals surface area contributed by atoms with Crippen LogP contribution in [0.1, 0.15) is 65.4 Å². The van der Waals surface area contributed by atoms with Crippen LogP contribution in [-0.4, -0.2) is 42.3 Å². The number of carbonyl (C=O) groups excluding carboxylic acids is 1. The van der Waals surface area contributed by atoms with Crippen LogP contribution >= 0.6 is 0 Å². The third kappa shape index (κ3) is 6.38. The molecule has 1 aromatic rings. The van der Waals surface area contributed by atoms with E-state index in [0.717, 1.165) is 38.4 Å². The fourth-order valence-electron chi connectivity index (χ4n) is 4.39. The smallest absolute Gasteiger partial charge is 0.164 e. The van der Waals surface area contributed by atoms with Crippen LogP contribution in [0.4, 0.5) is 0 Å². The number of aldehydes is 1. The maximum absolute atomic E-state index is 11.2. The SMILES string of the molecule is CC1(C)O[C@@H](C[C@@H]2C[C@@H](C=O)OC(C)(C)O2)C[C@H](CCCc2ccccc2)O1. The number of carbonyl (C=O) groups is 1. The molecule has 5 nitrogen and oxygen atoms in total. The minimum absolute atomic E-state index is 0.0525. The number of hydrogen-bond donors (Lipinski definition) is 0. The first-order valence-electron chi connectivity index (χ1n) is 10.5. The van der Waals surface area contributed by atoms with Gasteiger partial charge in [-0.1, -0.05) is 30.3 Å². The molecule has 2 heterocycles. The van der Waals surface area contributed by atoms with Crippen LogP contribution in [-0.2, 0) is 30.2 Å². The molecule has 0 spiro atoms. The number of aryl methyl sites for hydroxylation is 1. The van der Waals surface area contributed by atoms with Crippen LogP contribution < -0.4 is 0 Å². The molecule has 0 unspecified atom stereocenters. The molecule has 2 fully saturated rings. The van der Waals surface area contributed by atoms with Gasteiger partial charge in [0.25, 0.3) is 0 Å². The lowest BCUT2D eigenvalue weighted by molar-refractivity contribution is -0.321. The summed E-state index contributed by atoms with van der Waals surface area (Å²) in [6.45, 7) is 7.67. The molecular formula is C23H34O5. The van der Waals surface area contributed by atoms with E-state index in [1.807, 2.05) is 33.8 Å². The summed E-state index contributed by atoms with van der Waals surface area (Å²) >= 11 is 0. The van der Waals surface area contributed by atoms with Crippen LogP contribution in [0.25, 0.3) is 0 Å². The topological polar surface area (TPSA) is 54.0 Å². The second kappa shape index (κ2) is 9.04. The van der Waals surface area contributed by atoms with Crippen molar-refractivity contribution in [2.24, 2.45) is 0 Å². The molecule has 4 atom stereocenters. The van der Waals surface area contributed by atoms with Crippen molar-refractivity contribution in [3.05, 3.63) is 35.9 Å². The quantitative estimate of drug-likeness (QED) is 0.645. The normalized spacial score (nSPS) is 32.0. The van der Waals surface area contributed by atoms with E-state index in [0.29, 0.717) is 6.42 Å². The average molecular weight is 391 g/mol. The van der Waals surface area contributed by atoms with Gasteiger partial charge in [-0.2, -0.15) is 0 Å².